The van der Waals surface area contributed by atoms with Crippen LogP contribution in [0.1, 0.15) is 31.8 Å². The molecule has 1 aliphatic rings. The summed E-state index contributed by atoms with van der Waals surface area (Å²) < 4.78 is 0. The molecule has 6 nitrogen and oxygen atoms in total. The number of carbonyl (C=O) groups is 2. The summed E-state index contributed by atoms with van der Waals surface area (Å²) >= 11 is 0. The zero-order valence-electron chi connectivity index (χ0n) is 12.2. The van der Waals surface area contributed by atoms with Gasteiger partial charge >= 0.3 is 0 Å². The van der Waals surface area contributed by atoms with Gasteiger partial charge in [-0.2, -0.15) is 0 Å². The van der Waals surface area contributed by atoms with Crippen molar-refractivity contribution >= 4 is 33.6 Å². The Hall–Kier alpha value is -3.54. The number of carbonyl (C=O) groups excluding carboxylic acids is 2. The highest BCUT2D eigenvalue weighted by Crippen LogP contribution is 2.31. The number of aromatic nitrogens is 4. The molecule has 0 spiro atoms. The fraction of sp³-hybridized carbons (Fsp3) is 0. The number of fused-ring (bicyclic) bond motifs is 4. The summed E-state index contributed by atoms with van der Waals surface area (Å²) in [5.41, 5.74) is 3.74. The highest BCUT2D eigenvalue weighted by molar-refractivity contribution is 6.30. The molecule has 0 radical (unpaired) electrons. The normalized spacial score (nSPS) is 13.2. The smallest absolute Gasteiger partial charge is 0.194 e. The number of ketones is 2. The lowest BCUT2D eigenvalue weighted by Crippen LogP contribution is -2.21. The molecule has 4 aromatic rings. The largest absolute Gasteiger partial charge is 0.289 e. The molecule has 2 aromatic carbocycles. The van der Waals surface area contributed by atoms with Gasteiger partial charge in [-0.3, -0.25) is 29.5 Å². The average Bonchev–Trinajstić information content (AvgIpc) is 2.64. The van der Waals surface area contributed by atoms with Crippen molar-refractivity contribution in [1.29, 1.82) is 0 Å². The third kappa shape index (κ3) is 1.65. The quantitative estimate of drug-likeness (QED) is 0.436. The van der Waals surface area contributed by atoms with Crippen molar-refractivity contribution in [3.05, 3.63) is 71.3 Å². The molecular formula is C18H8N4O2. The molecule has 0 aliphatic heterocycles. The first-order valence-corrected chi connectivity index (χ1v) is 7.31. The van der Waals surface area contributed by atoms with Crippen LogP contribution >= 0.6 is 0 Å². The minimum Gasteiger partial charge on any atom is -0.289 e. The number of rotatable bonds is 0. The molecule has 1 aliphatic carbocycles. The molecular weight excluding hydrogens is 304 g/mol. The van der Waals surface area contributed by atoms with E-state index in [0.717, 1.165) is 0 Å². The second kappa shape index (κ2) is 4.48. The Balaban J connectivity index is 1.84. The maximum absolute atomic E-state index is 12.9. The van der Waals surface area contributed by atoms with Crippen molar-refractivity contribution in [1.82, 2.24) is 19.9 Å². The fourth-order valence-electron chi connectivity index (χ4n) is 3.06. The number of benzene rings is 2. The summed E-state index contributed by atoms with van der Waals surface area (Å²) in [6, 6.07) is 6.51. The molecule has 0 amide bonds. The van der Waals surface area contributed by atoms with Gasteiger partial charge in [-0.05, 0) is 24.3 Å². The SMILES string of the molecule is O=C1c2cc3nccnc3cc2C(=O)c2cc3nccnc3cc21. The van der Waals surface area contributed by atoms with E-state index in [9.17, 15) is 9.59 Å². The van der Waals surface area contributed by atoms with Crippen molar-refractivity contribution in [2.75, 3.05) is 0 Å². The van der Waals surface area contributed by atoms with Crippen molar-refractivity contribution in [2.24, 2.45) is 0 Å². The van der Waals surface area contributed by atoms with Gasteiger partial charge in [0, 0.05) is 47.0 Å². The minimum absolute atomic E-state index is 0.209. The third-order valence-electron chi connectivity index (χ3n) is 4.20. The Morgan fingerprint density at radius 2 is 0.708 bits per heavy atom. The van der Waals surface area contributed by atoms with E-state index in [1.54, 1.807) is 49.1 Å². The number of hydrogen-bond acceptors (Lipinski definition) is 6. The average molecular weight is 312 g/mol. The monoisotopic (exact) mass is 312 g/mol. The molecule has 0 N–H and O–H groups in total. The first kappa shape index (κ1) is 13.0. The second-order valence-electron chi connectivity index (χ2n) is 5.54. The van der Waals surface area contributed by atoms with Gasteiger partial charge < -0.3 is 0 Å². The highest BCUT2D eigenvalue weighted by atomic mass is 16.1. The van der Waals surface area contributed by atoms with Gasteiger partial charge in [0.15, 0.2) is 11.6 Å². The van der Waals surface area contributed by atoms with Gasteiger partial charge in [-0.25, -0.2) is 0 Å². The number of hydrogen-bond donors (Lipinski definition) is 0. The molecule has 2 heterocycles. The molecule has 0 fully saturated rings. The van der Waals surface area contributed by atoms with E-state index in [1.807, 2.05) is 0 Å². The second-order valence-corrected chi connectivity index (χ2v) is 5.54. The summed E-state index contributed by atoms with van der Waals surface area (Å²) in [5, 5.41) is 0. The summed E-state index contributed by atoms with van der Waals surface area (Å²) in [5.74, 6) is -0.417. The maximum Gasteiger partial charge on any atom is 0.194 e. The van der Waals surface area contributed by atoms with Crippen molar-refractivity contribution in [3.8, 4) is 0 Å². The van der Waals surface area contributed by atoms with Crippen LogP contribution in [-0.4, -0.2) is 31.5 Å². The van der Waals surface area contributed by atoms with Gasteiger partial charge in [0.25, 0.3) is 0 Å². The first-order valence-electron chi connectivity index (χ1n) is 7.31. The van der Waals surface area contributed by atoms with E-state index < -0.39 is 0 Å². The molecule has 0 saturated carbocycles. The lowest BCUT2D eigenvalue weighted by molar-refractivity contribution is 0.0979. The van der Waals surface area contributed by atoms with Gasteiger partial charge in [0.05, 0.1) is 22.1 Å². The van der Waals surface area contributed by atoms with Crippen molar-refractivity contribution < 1.29 is 9.59 Å². The zero-order chi connectivity index (χ0) is 16.3. The Labute approximate surface area is 135 Å². The fourth-order valence-corrected chi connectivity index (χ4v) is 3.06. The molecule has 5 rings (SSSR count). The van der Waals surface area contributed by atoms with E-state index in [2.05, 4.69) is 19.9 Å². The lowest BCUT2D eigenvalue weighted by Gasteiger charge is -2.18. The van der Waals surface area contributed by atoms with Crippen molar-refractivity contribution in [2.45, 2.75) is 0 Å². The summed E-state index contributed by atoms with van der Waals surface area (Å²) in [6.45, 7) is 0. The van der Waals surface area contributed by atoms with Crippen LogP contribution < -0.4 is 0 Å². The molecule has 0 bridgehead atoms. The van der Waals surface area contributed by atoms with Crippen LogP contribution in [-0.2, 0) is 0 Å². The summed E-state index contributed by atoms with van der Waals surface area (Å²) in [4.78, 5) is 42.6. The van der Waals surface area contributed by atoms with E-state index in [4.69, 9.17) is 0 Å². The van der Waals surface area contributed by atoms with Crippen LogP contribution in [0.5, 0.6) is 0 Å². The van der Waals surface area contributed by atoms with Crippen LogP contribution in [0.15, 0.2) is 49.1 Å². The van der Waals surface area contributed by atoms with Crippen molar-refractivity contribution in [3.63, 3.8) is 0 Å². The van der Waals surface area contributed by atoms with Crippen LogP contribution in [0.3, 0.4) is 0 Å². The first-order chi connectivity index (χ1) is 11.7. The van der Waals surface area contributed by atoms with Crippen LogP contribution in [0.2, 0.25) is 0 Å². The molecule has 6 heteroatoms. The molecule has 0 atom stereocenters. The Kier molecular flexibility index (Phi) is 2.42. The van der Waals surface area contributed by atoms with E-state index in [1.165, 1.54) is 0 Å². The molecule has 0 unspecified atom stereocenters. The zero-order valence-corrected chi connectivity index (χ0v) is 12.2. The van der Waals surface area contributed by atoms with E-state index in [-0.39, 0.29) is 11.6 Å². The predicted octanol–water partition coefficient (Wildman–Crippen LogP) is 2.35. The van der Waals surface area contributed by atoms with Gasteiger partial charge in [0.2, 0.25) is 0 Å². The predicted molar refractivity (Wildman–Crippen MR) is 85.9 cm³/mol. The topological polar surface area (TPSA) is 85.7 Å². The Morgan fingerprint density at radius 1 is 0.458 bits per heavy atom. The molecule has 24 heavy (non-hydrogen) atoms. The molecule has 112 valence electrons. The Morgan fingerprint density at radius 3 is 0.958 bits per heavy atom. The summed E-state index contributed by atoms with van der Waals surface area (Å²) in [7, 11) is 0. The maximum atomic E-state index is 12.9. The van der Waals surface area contributed by atoms with Crippen LogP contribution in [0.4, 0.5) is 0 Å². The third-order valence-corrected chi connectivity index (χ3v) is 4.20. The number of nitrogens with zero attached hydrogens (tertiary/aromatic N) is 4. The van der Waals surface area contributed by atoms with Gasteiger partial charge in [-0.1, -0.05) is 0 Å². The summed E-state index contributed by atoms with van der Waals surface area (Å²) in [6.07, 6.45) is 6.23. The van der Waals surface area contributed by atoms with Gasteiger partial charge in [0.1, 0.15) is 0 Å². The Bertz CT molecular complexity index is 1020. The molecule has 2 aromatic heterocycles. The molecule has 0 saturated heterocycles. The van der Waals surface area contributed by atoms with E-state index >= 15 is 0 Å². The van der Waals surface area contributed by atoms with E-state index in [0.29, 0.717) is 44.3 Å². The van der Waals surface area contributed by atoms with Crippen LogP contribution in [0, 0.1) is 0 Å². The lowest BCUT2D eigenvalue weighted by atomic mass is 9.83. The van der Waals surface area contributed by atoms with Crippen LogP contribution in [0.25, 0.3) is 22.1 Å². The van der Waals surface area contributed by atoms with Gasteiger partial charge in [-0.15, -0.1) is 0 Å². The highest BCUT2D eigenvalue weighted by Gasteiger charge is 2.31. The minimum atomic E-state index is -0.209. The standard InChI is InChI=1S/C18H8N4O2/c23-17-9-5-13-14(20-2-1-19-13)6-10(9)18(24)12-8-16-15(7-11(12)17)21-3-4-22-16/h1-8H.